The number of nitriles is 1. The second-order valence-electron chi connectivity index (χ2n) is 3.22. The van der Waals surface area contributed by atoms with Crippen LogP contribution in [-0.4, -0.2) is 12.1 Å². The van der Waals surface area contributed by atoms with Crippen molar-refractivity contribution in [1.82, 2.24) is 4.98 Å². The molecule has 0 bridgehead atoms. The van der Waals surface area contributed by atoms with E-state index in [9.17, 15) is 22.0 Å². The molecule has 0 amide bonds. The third-order valence-electron chi connectivity index (χ3n) is 2.05. The number of aromatic nitrogens is 1. The van der Waals surface area contributed by atoms with Gasteiger partial charge in [-0.25, -0.2) is 13.8 Å². The standard InChI is InChI=1S/C10H7F5N2O/c1-18-8-5(2-3-16)4-6(10(13,14)15)17-7(8)9(11)12/h4,9H,2H2,1H3. The molecule has 1 aromatic rings. The summed E-state index contributed by atoms with van der Waals surface area (Å²) >= 11 is 0. The second-order valence-corrected chi connectivity index (χ2v) is 3.22. The lowest BCUT2D eigenvalue weighted by Crippen LogP contribution is -2.12. The lowest BCUT2D eigenvalue weighted by atomic mass is 10.1. The van der Waals surface area contributed by atoms with Gasteiger partial charge in [-0.3, -0.25) is 0 Å². The molecule has 1 heterocycles. The van der Waals surface area contributed by atoms with Gasteiger partial charge >= 0.3 is 6.18 Å². The van der Waals surface area contributed by atoms with E-state index in [1.165, 1.54) is 0 Å². The van der Waals surface area contributed by atoms with Crippen molar-refractivity contribution in [1.29, 1.82) is 5.26 Å². The molecule has 0 saturated heterocycles. The van der Waals surface area contributed by atoms with E-state index in [-0.39, 0.29) is 5.56 Å². The van der Waals surface area contributed by atoms with Gasteiger partial charge in [-0.1, -0.05) is 0 Å². The molecule has 0 spiro atoms. The van der Waals surface area contributed by atoms with E-state index in [1.54, 1.807) is 6.07 Å². The first kappa shape index (κ1) is 14.2. The fourth-order valence-electron chi connectivity index (χ4n) is 1.35. The van der Waals surface area contributed by atoms with Crippen molar-refractivity contribution in [2.45, 2.75) is 19.0 Å². The first-order valence-electron chi connectivity index (χ1n) is 4.61. The monoisotopic (exact) mass is 266 g/mol. The maximum absolute atomic E-state index is 12.6. The number of hydrogen-bond acceptors (Lipinski definition) is 3. The minimum absolute atomic E-state index is 0.266. The van der Waals surface area contributed by atoms with Crippen LogP contribution in [0.5, 0.6) is 5.75 Å². The zero-order valence-corrected chi connectivity index (χ0v) is 9.05. The van der Waals surface area contributed by atoms with Crippen LogP contribution in [0.2, 0.25) is 0 Å². The van der Waals surface area contributed by atoms with Gasteiger partial charge in [0.05, 0.1) is 19.6 Å². The summed E-state index contributed by atoms with van der Waals surface area (Å²) in [5.41, 5.74) is -2.85. The quantitative estimate of drug-likeness (QED) is 0.789. The van der Waals surface area contributed by atoms with Crippen molar-refractivity contribution >= 4 is 0 Å². The summed E-state index contributed by atoms with van der Waals surface area (Å²) in [6, 6.07) is 2.12. The highest BCUT2D eigenvalue weighted by Gasteiger charge is 2.35. The first-order valence-corrected chi connectivity index (χ1v) is 4.61. The molecular formula is C10H7F5N2O. The summed E-state index contributed by atoms with van der Waals surface area (Å²) in [5.74, 6) is -0.487. The van der Waals surface area contributed by atoms with Gasteiger partial charge in [0.2, 0.25) is 0 Å². The fraction of sp³-hybridized carbons (Fsp3) is 0.400. The van der Waals surface area contributed by atoms with Crippen molar-refractivity contribution in [3.8, 4) is 11.8 Å². The second kappa shape index (κ2) is 5.16. The number of halogens is 5. The number of pyridine rings is 1. The first-order chi connectivity index (χ1) is 8.31. The summed E-state index contributed by atoms with van der Waals surface area (Å²) in [6.07, 6.45) is -8.56. The van der Waals surface area contributed by atoms with Crippen molar-refractivity contribution < 1.29 is 26.7 Å². The average Bonchev–Trinajstić information content (AvgIpc) is 2.27. The molecule has 18 heavy (non-hydrogen) atoms. The van der Waals surface area contributed by atoms with Crippen molar-refractivity contribution in [2.75, 3.05) is 7.11 Å². The maximum Gasteiger partial charge on any atom is 0.433 e. The highest BCUT2D eigenvalue weighted by molar-refractivity contribution is 5.41. The van der Waals surface area contributed by atoms with Crippen LogP contribution in [-0.2, 0) is 12.6 Å². The number of ether oxygens (including phenoxy) is 1. The molecule has 0 saturated carbocycles. The zero-order chi connectivity index (χ0) is 13.9. The van der Waals surface area contributed by atoms with Crippen LogP contribution >= 0.6 is 0 Å². The Kier molecular flexibility index (Phi) is 4.06. The molecular weight excluding hydrogens is 259 g/mol. The molecule has 1 rings (SSSR count). The summed E-state index contributed by atoms with van der Waals surface area (Å²) in [6.45, 7) is 0. The maximum atomic E-state index is 12.6. The van der Waals surface area contributed by atoms with E-state index >= 15 is 0 Å². The Morgan fingerprint density at radius 3 is 2.44 bits per heavy atom. The summed E-state index contributed by atoms with van der Waals surface area (Å²) in [7, 11) is 1.02. The van der Waals surface area contributed by atoms with E-state index < -0.39 is 36.2 Å². The molecule has 98 valence electrons. The third kappa shape index (κ3) is 2.85. The minimum Gasteiger partial charge on any atom is -0.494 e. The smallest absolute Gasteiger partial charge is 0.433 e. The number of methoxy groups -OCH3 is 1. The Bertz CT molecular complexity index is 478. The zero-order valence-electron chi connectivity index (χ0n) is 9.05. The largest absolute Gasteiger partial charge is 0.494 e. The predicted molar refractivity (Wildman–Crippen MR) is 50.1 cm³/mol. The van der Waals surface area contributed by atoms with Gasteiger partial charge in [0.25, 0.3) is 6.43 Å². The van der Waals surface area contributed by atoms with Crippen LogP contribution < -0.4 is 4.74 Å². The van der Waals surface area contributed by atoms with Gasteiger partial charge < -0.3 is 4.74 Å². The Morgan fingerprint density at radius 1 is 1.44 bits per heavy atom. The van der Waals surface area contributed by atoms with Crippen molar-refractivity contribution in [3.05, 3.63) is 23.0 Å². The van der Waals surface area contributed by atoms with E-state index in [4.69, 9.17) is 5.26 Å². The molecule has 0 aliphatic rings. The lowest BCUT2D eigenvalue weighted by Gasteiger charge is -2.14. The molecule has 0 aliphatic carbocycles. The van der Waals surface area contributed by atoms with Crippen molar-refractivity contribution in [2.24, 2.45) is 0 Å². The lowest BCUT2D eigenvalue weighted by molar-refractivity contribution is -0.141. The normalized spacial score (nSPS) is 11.4. The van der Waals surface area contributed by atoms with E-state index in [0.717, 1.165) is 7.11 Å². The third-order valence-corrected chi connectivity index (χ3v) is 2.05. The average molecular weight is 266 g/mol. The Morgan fingerprint density at radius 2 is 2.06 bits per heavy atom. The van der Waals surface area contributed by atoms with Crippen LogP contribution in [0.1, 0.15) is 23.4 Å². The Balaban J connectivity index is 3.49. The van der Waals surface area contributed by atoms with Crippen LogP contribution in [0.3, 0.4) is 0 Å². The molecule has 0 aliphatic heterocycles. The van der Waals surface area contributed by atoms with Crippen LogP contribution in [0.25, 0.3) is 0 Å². The molecule has 8 heteroatoms. The molecule has 0 fully saturated rings. The van der Waals surface area contributed by atoms with Crippen LogP contribution in [0.4, 0.5) is 22.0 Å². The summed E-state index contributed by atoms with van der Waals surface area (Å²) in [5, 5.41) is 8.47. The van der Waals surface area contributed by atoms with Gasteiger partial charge in [-0.2, -0.15) is 18.4 Å². The van der Waals surface area contributed by atoms with E-state index in [1.807, 2.05) is 0 Å². The van der Waals surface area contributed by atoms with Gasteiger partial charge in [0, 0.05) is 5.56 Å². The Labute approximate surface area is 98.8 Å². The Hall–Kier alpha value is -1.91. The fourth-order valence-corrected chi connectivity index (χ4v) is 1.35. The molecule has 3 nitrogen and oxygen atoms in total. The topological polar surface area (TPSA) is 45.9 Å². The van der Waals surface area contributed by atoms with Crippen molar-refractivity contribution in [3.63, 3.8) is 0 Å². The summed E-state index contributed by atoms with van der Waals surface area (Å²) in [4.78, 5) is 2.85. The molecule has 0 atom stereocenters. The summed E-state index contributed by atoms with van der Waals surface area (Å²) < 4.78 is 67.2. The number of rotatable bonds is 3. The minimum atomic E-state index is -4.86. The van der Waals surface area contributed by atoms with E-state index in [2.05, 4.69) is 9.72 Å². The molecule has 0 aromatic carbocycles. The number of hydrogen-bond donors (Lipinski definition) is 0. The van der Waals surface area contributed by atoms with Crippen LogP contribution in [0, 0.1) is 11.3 Å². The van der Waals surface area contributed by atoms with Crippen LogP contribution in [0.15, 0.2) is 6.07 Å². The number of alkyl halides is 5. The molecule has 1 aromatic heterocycles. The van der Waals surface area contributed by atoms with Gasteiger partial charge in [0.15, 0.2) is 5.75 Å². The molecule has 0 radical (unpaired) electrons. The SMILES string of the molecule is COc1c(CC#N)cc(C(F)(F)F)nc1C(F)F. The highest BCUT2D eigenvalue weighted by atomic mass is 19.4. The van der Waals surface area contributed by atoms with Gasteiger partial charge in [-0.05, 0) is 6.07 Å². The van der Waals surface area contributed by atoms with E-state index in [0.29, 0.717) is 6.07 Å². The molecule has 0 N–H and O–H groups in total. The molecule has 0 unspecified atom stereocenters. The van der Waals surface area contributed by atoms with Gasteiger partial charge in [0.1, 0.15) is 11.4 Å². The van der Waals surface area contributed by atoms with Gasteiger partial charge in [-0.15, -0.1) is 0 Å². The highest BCUT2D eigenvalue weighted by Crippen LogP contribution is 2.36. The predicted octanol–water partition coefficient (Wildman–Crippen LogP) is 3.11. The number of nitrogens with zero attached hydrogens (tertiary/aromatic N) is 2.